The molecule has 54 heavy (non-hydrogen) atoms. The normalized spacial score (nSPS) is 11.7. The molecule has 0 amide bonds. The van der Waals surface area contributed by atoms with E-state index >= 15 is 0 Å². The number of nitrogens with zero attached hydrogens (tertiary/aromatic N) is 2. The summed E-state index contributed by atoms with van der Waals surface area (Å²) in [5, 5.41) is 12.6. The van der Waals surface area contributed by atoms with Crippen LogP contribution in [0.3, 0.4) is 0 Å². The van der Waals surface area contributed by atoms with Gasteiger partial charge in [-0.2, -0.15) is 0 Å². The van der Waals surface area contributed by atoms with Crippen molar-refractivity contribution in [3.8, 4) is 16.8 Å². The average Bonchev–Trinajstić information content (AvgIpc) is 3.58. The van der Waals surface area contributed by atoms with Gasteiger partial charge in [-0.15, -0.1) is 0 Å². The lowest BCUT2D eigenvalue weighted by Gasteiger charge is -2.26. The third-order valence-corrected chi connectivity index (χ3v) is 11.1. The maximum atomic E-state index is 2.42. The highest BCUT2D eigenvalue weighted by atomic mass is 15.1. The zero-order chi connectivity index (χ0) is 35.6. The molecular weight excluding hydrogens is 653 g/mol. The maximum absolute atomic E-state index is 2.42. The molecule has 0 radical (unpaired) electrons. The molecule has 252 valence electrons. The minimum absolute atomic E-state index is 1.11. The summed E-state index contributed by atoms with van der Waals surface area (Å²) in [6, 6.07) is 75.3. The molecule has 0 N–H and O–H groups in total. The number of fused-ring (bicyclic) bond motifs is 10. The Kier molecular flexibility index (Phi) is 6.90. The largest absolute Gasteiger partial charge is 0.310 e. The second-order valence-corrected chi connectivity index (χ2v) is 14.2. The van der Waals surface area contributed by atoms with Gasteiger partial charge in [-0.05, 0) is 115 Å². The summed E-state index contributed by atoms with van der Waals surface area (Å²) in [7, 11) is 0. The van der Waals surface area contributed by atoms with Crippen molar-refractivity contribution < 1.29 is 0 Å². The zero-order valence-electron chi connectivity index (χ0n) is 29.5. The van der Waals surface area contributed by atoms with Gasteiger partial charge in [0.1, 0.15) is 0 Å². The average molecular weight is 687 g/mol. The Balaban J connectivity index is 1.10. The summed E-state index contributed by atoms with van der Waals surface area (Å²) < 4.78 is 2.42. The fourth-order valence-electron chi connectivity index (χ4n) is 8.61. The van der Waals surface area contributed by atoms with Crippen LogP contribution in [-0.4, -0.2) is 4.57 Å². The van der Waals surface area contributed by atoms with Crippen molar-refractivity contribution in [2.75, 3.05) is 4.90 Å². The standard InChI is InChI=1S/C52H34N2/c1-2-14-39(15-3-1)53(41-28-30-47-45-18-7-6-16-43(45)44-17-8-9-19-46(44)50(47)33-41)42-29-31-49-48-20-10-11-21-51(48)54(52(49)34-42)40-26-24-36(25-27-40)38-23-22-35-12-4-5-13-37(35)32-38/h1-34H. The van der Waals surface area contributed by atoms with Crippen molar-refractivity contribution >= 4 is 82.0 Å². The van der Waals surface area contributed by atoms with E-state index in [9.17, 15) is 0 Å². The monoisotopic (exact) mass is 686 g/mol. The van der Waals surface area contributed by atoms with Gasteiger partial charge in [0.15, 0.2) is 0 Å². The van der Waals surface area contributed by atoms with Crippen molar-refractivity contribution in [1.29, 1.82) is 0 Å². The van der Waals surface area contributed by atoms with Gasteiger partial charge >= 0.3 is 0 Å². The zero-order valence-corrected chi connectivity index (χ0v) is 29.5. The van der Waals surface area contributed by atoms with Crippen molar-refractivity contribution in [2.24, 2.45) is 0 Å². The van der Waals surface area contributed by atoms with Crippen LogP contribution >= 0.6 is 0 Å². The Bertz CT molecular complexity index is 3170. The Hall–Kier alpha value is -7.16. The second kappa shape index (κ2) is 12.2. The topological polar surface area (TPSA) is 8.17 Å². The quantitative estimate of drug-likeness (QED) is 0.164. The summed E-state index contributed by atoms with van der Waals surface area (Å²) in [6.07, 6.45) is 0. The van der Waals surface area contributed by atoms with Crippen LogP contribution in [0.2, 0.25) is 0 Å². The predicted molar refractivity (Wildman–Crippen MR) is 231 cm³/mol. The van der Waals surface area contributed by atoms with E-state index in [1.54, 1.807) is 0 Å². The van der Waals surface area contributed by atoms with Crippen molar-refractivity contribution in [3.63, 3.8) is 0 Å². The van der Waals surface area contributed by atoms with Crippen molar-refractivity contribution in [3.05, 3.63) is 206 Å². The summed E-state index contributed by atoms with van der Waals surface area (Å²) in [4.78, 5) is 2.40. The Labute approximate surface area is 313 Å². The molecule has 0 unspecified atom stereocenters. The lowest BCUT2D eigenvalue weighted by Crippen LogP contribution is -2.10. The van der Waals surface area contributed by atoms with Crippen LogP contribution in [0.25, 0.3) is 81.7 Å². The van der Waals surface area contributed by atoms with E-state index in [0.717, 1.165) is 22.7 Å². The van der Waals surface area contributed by atoms with E-state index < -0.39 is 0 Å². The van der Waals surface area contributed by atoms with Crippen LogP contribution < -0.4 is 4.90 Å². The first-order chi connectivity index (χ1) is 26.8. The molecule has 0 aliphatic heterocycles. The molecule has 1 aromatic heterocycles. The van der Waals surface area contributed by atoms with Crippen LogP contribution in [0.4, 0.5) is 17.1 Å². The van der Waals surface area contributed by atoms with Crippen LogP contribution in [0.1, 0.15) is 0 Å². The lowest BCUT2D eigenvalue weighted by atomic mass is 9.94. The van der Waals surface area contributed by atoms with E-state index in [-0.39, 0.29) is 0 Å². The first kappa shape index (κ1) is 30.5. The smallest absolute Gasteiger partial charge is 0.0561 e. The molecule has 1 heterocycles. The number of hydrogen-bond donors (Lipinski definition) is 0. The molecule has 0 bridgehead atoms. The minimum atomic E-state index is 1.11. The minimum Gasteiger partial charge on any atom is -0.310 e. The van der Waals surface area contributed by atoms with Crippen molar-refractivity contribution in [1.82, 2.24) is 4.57 Å². The summed E-state index contributed by atoms with van der Waals surface area (Å²) >= 11 is 0. The molecule has 0 atom stereocenters. The van der Waals surface area contributed by atoms with E-state index in [4.69, 9.17) is 0 Å². The first-order valence-electron chi connectivity index (χ1n) is 18.6. The fraction of sp³-hybridized carbons (Fsp3) is 0. The number of para-hydroxylation sites is 2. The summed E-state index contributed by atoms with van der Waals surface area (Å²) in [5.41, 5.74) is 9.27. The highest BCUT2D eigenvalue weighted by Gasteiger charge is 2.19. The summed E-state index contributed by atoms with van der Waals surface area (Å²) in [6.45, 7) is 0. The van der Waals surface area contributed by atoms with Gasteiger partial charge in [0.05, 0.1) is 11.0 Å². The van der Waals surface area contributed by atoms with Crippen molar-refractivity contribution in [2.45, 2.75) is 0 Å². The number of rotatable bonds is 5. The molecular formula is C52H34N2. The molecule has 11 rings (SSSR count). The third kappa shape index (κ3) is 4.81. The molecule has 0 fully saturated rings. The number of anilines is 3. The van der Waals surface area contributed by atoms with Crippen LogP contribution in [0, 0.1) is 0 Å². The predicted octanol–water partition coefficient (Wildman–Crippen LogP) is 14.5. The molecule has 10 aromatic carbocycles. The Morgan fingerprint density at radius 3 is 1.52 bits per heavy atom. The summed E-state index contributed by atoms with van der Waals surface area (Å²) in [5.74, 6) is 0. The Morgan fingerprint density at radius 2 is 0.796 bits per heavy atom. The molecule has 0 aliphatic carbocycles. The lowest BCUT2D eigenvalue weighted by molar-refractivity contribution is 1.18. The third-order valence-electron chi connectivity index (χ3n) is 11.1. The van der Waals surface area contributed by atoms with E-state index in [2.05, 4.69) is 216 Å². The van der Waals surface area contributed by atoms with E-state index in [0.29, 0.717) is 0 Å². The van der Waals surface area contributed by atoms with Gasteiger partial charge in [0.2, 0.25) is 0 Å². The Morgan fingerprint density at radius 1 is 0.278 bits per heavy atom. The highest BCUT2D eigenvalue weighted by molar-refractivity contribution is 6.26. The van der Waals surface area contributed by atoms with E-state index in [1.165, 1.54) is 76.0 Å². The molecule has 2 heteroatoms. The fourth-order valence-corrected chi connectivity index (χ4v) is 8.61. The van der Waals surface area contributed by atoms with Crippen LogP contribution in [0.15, 0.2) is 206 Å². The van der Waals surface area contributed by atoms with E-state index in [1.807, 2.05) is 0 Å². The molecule has 2 nitrogen and oxygen atoms in total. The molecule has 0 spiro atoms. The van der Waals surface area contributed by atoms with Gasteiger partial charge in [-0.25, -0.2) is 0 Å². The molecule has 0 aliphatic rings. The molecule has 11 aromatic rings. The number of benzene rings is 10. The maximum Gasteiger partial charge on any atom is 0.0561 e. The van der Waals surface area contributed by atoms with Gasteiger partial charge < -0.3 is 9.47 Å². The SMILES string of the molecule is c1ccc(N(c2ccc3c4ccccc4c4ccccc4c3c2)c2ccc3c4ccccc4n(-c4ccc(-c5ccc6ccccc6c5)cc4)c3c2)cc1. The van der Waals surface area contributed by atoms with Crippen LogP contribution in [-0.2, 0) is 0 Å². The highest BCUT2D eigenvalue weighted by Crippen LogP contribution is 2.43. The van der Waals surface area contributed by atoms with Gasteiger partial charge in [-0.1, -0.05) is 146 Å². The van der Waals surface area contributed by atoms with Gasteiger partial charge in [-0.3, -0.25) is 0 Å². The van der Waals surface area contributed by atoms with Crippen LogP contribution in [0.5, 0.6) is 0 Å². The first-order valence-corrected chi connectivity index (χ1v) is 18.6. The molecule has 0 saturated carbocycles. The number of aromatic nitrogens is 1. The van der Waals surface area contributed by atoms with Gasteiger partial charge in [0, 0.05) is 33.5 Å². The second-order valence-electron chi connectivity index (χ2n) is 14.2. The number of hydrogen-bond acceptors (Lipinski definition) is 1. The van der Waals surface area contributed by atoms with Gasteiger partial charge in [0.25, 0.3) is 0 Å². The molecule has 0 saturated heterocycles.